The number of carbonyl (C=O) groups excluding carboxylic acids is 1. The molecular weight excluding hydrogens is 190 g/mol. The summed E-state index contributed by atoms with van der Waals surface area (Å²) in [5.74, 6) is 0.0783. The van der Waals surface area contributed by atoms with Crippen molar-refractivity contribution in [1.82, 2.24) is 5.32 Å². The molecule has 0 aliphatic carbocycles. The average Bonchev–Trinajstić information content (AvgIpc) is 2.20. The van der Waals surface area contributed by atoms with Crippen LogP contribution in [0.15, 0.2) is 0 Å². The first kappa shape index (κ1) is 14.4. The van der Waals surface area contributed by atoms with Gasteiger partial charge in [0.25, 0.3) is 0 Å². The minimum Gasteiger partial charge on any atom is -0.385 e. The predicted octanol–water partition coefficient (Wildman–Crippen LogP) is 2.50. The molecule has 0 saturated carbocycles. The van der Waals surface area contributed by atoms with Crippen LogP contribution in [-0.2, 0) is 9.53 Å². The van der Waals surface area contributed by atoms with Crippen molar-refractivity contribution in [3.05, 3.63) is 0 Å². The van der Waals surface area contributed by atoms with E-state index in [0.29, 0.717) is 0 Å². The first-order chi connectivity index (χ1) is 7.27. The highest BCUT2D eigenvalue weighted by molar-refractivity contribution is 5.72. The molecule has 0 heterocycles. The molecule has 0 bridgehead atoms. The van der Waals surface area contributed by atoms with Crippen molar-refractivity contribution in [2.24, 2.45) is 0 Å². The summed E-state index contributed by atoms with van der Waals surface area (Å²) < 4.78 is 4.98. The average molecular weight is 215 g/mol. The lowest BCUT2D eigenvalue weighted by atomic mass is 10.1. The van der Waals surface area contributed by atoms with Gasteiger partial charge in [0.1, 0.15) is 0 Å². The molecular formula is C12H25NO2. The molecule has 0 aromatic heterocycles. The zero-order chi connectivity index (χ0) is 11.4. The number of nitrogens with one attached hydrogen (secondary N) is 1. The number of methoxy groups -OCH3 is 1. The molecule has 0 aliphatic rings. The Morgan fingerprint density at radius 2 is 1.53 bits per heavy atom. The van der Waals surface area contributed by atoms with Crippen molar-refractivity contribution in [1.29, 1.82) is 0 Å². The Labute approximate surface area is 93.6 Å². The Balaban J connectivity index is 2.89. The van der Waals surface area contributed by atoms with Gasteiger partial charge in [0.05, 0.1) is 0 Å². The van der Waals surface area contributed by atoms with Crippen LogP contribution in [0.1, 0.15) is 51.9 Å². The second-order valence-electron chi connectivity index (χ2n) is 3.95. The molecule has 3 heteroatoms. The number of carbonyl (C=O) groups is 1. The number of amides is 1. The van der Waals surface area contributed by atoms with Crippen LogP contribution < -0.4 is 5.32 Å². The molecule has 15 heavy (non-hydrogen) atoms. The normalized spacial score (nSPS) is 10.3. The van der Waals surface area contributed by atoms with Gasteiger partial charge in [-0.15, -0.1) is 0 Å². The maximum Gasteiger partial charge on any atom is 0.216 e. The molecule has 0 unspecified atom stereocenters. The van der Waals surface area contributed by atoms with Gasteiger partial charge >= 0.3 is 0 Å². The van der Waals surface area contributed by atoms with Gasteiger partial charge < -0.3 is 10.1 Å². The molecule has 90 valence electrons. The maximum atomic E-state index is 10.6. The monoisotopic (exact) mass is 215 g/mol. The number of hydrogen-bond donors (Lipinski definition) is 1. The summed E-state index contributed by atoms with van der Waals surface area (Å²) in [5.41, 5.74) is 0. The van der Waals surface area contributed by atoms with E-state index in [1.54, 1.807) is 14.0 Å². The van der Waals surface area contributed by atoms with E-state index in [0.717, 1.165) is 19.6 Å². The summed E-state index contributed by atoms with van der Waals surface area (Å²) in [5, 5.41) is 2.81. The zero-order valence-corrected chi connectivity index (χ0v) is 10.2. The van der Waals surface area contributed by atoms with Crippen molar-refractivity contribution >= 4 is 5.91 Å². The van der Waals surface area contributed by atoms with Crippen LogP contribution in [-0.4, -0.2) is 26.2 Å². The highest BCUT2D eigenvalue weighted by Gasteiger charge is 1.93. The largest absolute Gasteiger partial charge is 0.385 e. The lowest BCUT2D eigenvalue weighted by Crippen LogP contribution is -2.20. The topological polar surface area (TPSA) is 38.3 Å². The van der Waals surface area contributed by atoms with E-state index in [-0.39, 0.29) is 5.91 Å². The molecule has 0 aliphatic heterocycles. The van der Waals surface area contributed by atoms with Crippen molar-refractivity contribution in [2.75, 3.05) is 20.3 Å². The van der Waals surface area contributed by atoms with Gasteiger partial charge in [-0.05, 0) is 12.8 Å². The SMILES string of the molecule is COCCCCCCCCCNC(C)=O. The molecule has 1 N–H and O–H groups in total. The van der Waals surface area contributed by atoms with Crippen LogP contribution in [0.5, 0.6) is 0 Å². The highest BCUT2D eigenvalue weighted by Crippen LogP contribution is 2.06. The number of unbranched alkanes of at least 4 members (excludes halogenated alkanes) is 6. The van der Waals surface area contributed by atoms with Gasteiger partial charge in [-0.2, -0.15) is 0 Å². The Morgan fingerprint density at radius 1 is 1.00 bits per heavy atom. The van der Waals surface area contributed by atoms with E-state index in [1.165, 1.54) is 38.5 Å². The first-order valence-electron chi connectivity index (χ1n) is 6.00. The summed E-state index contributed by atoms with van der Waals surface area (Å²) in [7, 11) is 1.75. The summed E-state index contributed by atoms with van der Waals surface area (Å²) in [6.07, 6.45) is 8.70. The second kappa shape index (κ2) is 11.5. The van der Waals surface area contributed by atoms with Gasteiger partial charge in [0.2, 0.25) is 5.91 Å². The summed E-state index contributed by atoms with van der Waals surface area (Å²) in [6, 6.07) is 0. The minimum atomic E-state index is 0.0783. The molecule has 0 atom stereocenters. The van der Waals surface area contributed by atoms with Crippen molar-refractivity contribution in [3.8, 4) is 0 Å². The molecule has 0 radical (unpaired) electrons. The summed E-state index contributed by atoms with van der Waals surface area (Å²) in [4.78, 5) is 10.6. The fraction of sp³-hybridized carbons (Fsp3) is 0.917. The fourth-order valence-electron chi connectivity index (χ4n) is 1.52. The fourth-order valence-corrected chi connectivity index (χ4v) is 1.52. The third-order valence-corrected chi connectivity index (χ3v) is 2.40. The molecule has 0 aromatic carbocycles. The molecule has 0 saturated heterocycles. The van der Waals surface area contributed by atoms with Crippen LogP contribution >= 0.6 is 0 Å². The quantitative estimate of drug-likeness (QED) is 0.569. The Morgan fingerprint density at radius 3 is 2.07 bits per heavy atom. The number of hydrogen-bond acceptors (Lipinski definition) is 2. The van der Waals surface area contributed by atoms with Crippen LogP contribution in [0, 0.1) is 0 Å². The van der Waals surface area contributed by atoms with Crippen LogP contribution in [0.2, 0.25) is 0 Å². The number of rotatable bonds is 10. The summed E-state index contributed by atoms with van der Waals surface area (Å²) in [6.45, 7) is 3.29. The van der Waals surface area contributed by atoms with Crippen molar-refractivity contribution < 1.29 is 9.53 Å². The van der Waals surface area contributed by atoms with E-state index in [9.17, 15) is 4.79 Å². The van der Waals surface area contributed by atoms with Gasteiger partial charge in [-0.1, -0.05) is 32.1 Å². The second-order valence-corrected chi connectivity index (χ2v) is 3.95. The third-order valence-electron chi connectivity index (χ3n) is 2.40. The van der Waals surface area contributed by atoms with Crippen LogP contribution in [0.3, 0.4) is 0 Å². The molecule has 3 nitrogen and oxygen atoms in total. The van der Waals surface area contributed by atoms with Crippen LogP contribution in [0.25, 0.3) is 0 Å². The van der Waals surface area contributed by atoms with Gasteiger partial charge in [0.15, 0.2) is 0 Å². The lowest BCUT2D eigenvalue weighted by molar-refractivity contribution is -0.118. The molecule has 1 amide bonds. The van der Waals surface area contributed by atoms with E-state index >= 15 is 0 Å². The van der Waals surface area contributed by atoms with E-state index in [4.69, 9.17) is 4.74 Å². The Kier molecular flexibility index (Phi) is 11.1. The smallest absolute Gasteiger partial charge is 0.216 e. The summed E-state index contributed by atoms with van der Waals surface area (Å²) >= 11 is 0. The molecule has 0 fully saturated rings. The lowest BCUT2D eigenvalue weighted by Gasteiger charge is -2.02. The van der Waals surface area contributed by atoms with E-state index < -0.39 is 0 Å². The predicted molar refractivity (Wildman–Crippen MR) is 62.9 cm³/mol. The van der Waals surface area contributed by atoms with E-state index in [2.05, 4.69) is 5.32 Å². The molecule has 0 rings (SSSR count). The van der Waals surface area contributed by atoms with Gasteiger partial charge in [0, 0.05) is 27.2 Å². The molecule has 0 aromatic rings. The van der Waals surface area contributed by atoms with Gasteiger partial charge in [-0.25, -0.2) is 0 Å². The van der Waals surface area contributed by atoms with E-state index in [1.807, 2.05) is 0 Å². The number of ether oxygens (including phenoxy) is 1. The third kappa shape index (κ3) is 13.4. The highest BCUT2D eigenvalue weighted by atomic mass is 16.5. The Hall–Kier alpha value is -0.570. The van der Waals surface area contributed by atoms with Crippen LogP contribution in [0.4, 0.5) is 0 Å². The maximum absolute atomic E-state index is 10.6. The zero-order valence-electron chi connectivity index (χ0n) is 10.2. The first-order valence-corrected chi connectivity index (χ1v) is 6.00. The molecule has 0 spiro atoms. The Bertz CT molecular complexity index is 149. The van der Waals surface area contributed by atoms with Crippen molar-refractivity contribution in [3.63, 3.8) is 0 Å². The van der Waals surface area contributed by atoms with Crippen molar-refractivity contribution in [2.45, 2.75) is 51.9 Å². The minimum absolute atomic E-state index is 0.0783. The van der Waals surface area contributed by atoms with Gasteiger partial charge in [-0.3, -0.25) is 4.79 Å². The standard InChI is InChI=1S/C12H25NO2/c1-12(14)13-10-8-6-4-3-5-7-9-11-15-2/h3-11H2,1-2H3,(H,13,14).